The van der Waals surface area contributed by atoms with Crippen molar-refractivity contribution >= 4 is 23.2 Å². The number of thiocarbonyl (C=S) groups is 1. The normalized spacial score (nSPS) is 17.0. The Morgan fingerprint density at radius 2 is 2.00 bits per heavy atom. The second kappa shape index (κ2) is 6.68. The lowest BCUT2D eigenvalue weighted by Gasteiger charge is -2.25. The number of rotatable bonds is 4. The molecule has 0 saturated carbocycles. The highest BCUT2D eigenvalue weighted by atomic mass is 32.1. The third kappa shape index (κ3) is 3.30. The largest absolute Gasteiger partial charge is 0.493 e. The van der Waals surface area contributed by atoms with E-state index in [-0.39, 0.29) is 22.8 Å². The second-order valence-electron chi connectivity index (χ2n) is 4.93. The lowest BCUT2D eigenvalue weighted by molar-refractivity contribution is -0.140. The minimum absolute atomic E-state index is 0.0150. The molecule has 9 heteroatoms. The van der Waals surface area contributed by atoms with Gasteiger partial charge in [0.2, 0.25) is 0 Å². The molecule has 0 radical (unpaired) electrons. The number of methoxy groups -OCH3 is 2. The molecule has 5 nitrogen and oxygen atoms in total. The fourth-order valence-electron chi connectivity index (χ4n) is 2.41. The summed E-state index contributed by atoms with van der Waals surface area (Å²) < 4.78 is 49.6. The zero-order valence-corrected chi connectivity index (χ0v) is 13.6. The number of alkyl halides is 3. The molecule has 1 aliphatic rings. The van der Waals surface area contributed by atoms with Gasteiger partial charge in [-0.05, 0) is 12.1 Å². The molecule has 1 heterocycles. The Morgan fingerprint density at radius 1 is 1.33 bits per heavy atom. The molecule has 0 amide bonds. The minimum atomic E-state index is -4.68. The molecule has 0 unspecified atom stereocenters. The van der Waals surface area contributed by atoms with E-state index in [1.54, 1.807) is 6.08 Å². The van der Waals surface area contributed by atoms with E-state index in [9.17, 15) is 18.0 Å². The molecule has 1 N–H and O–H groups in total. The number of carbonyl (C=O) groups is 1. The average Bonchev–Trinajstić information content (AvgIpc) is 3.01. The smallest absolute Gasteiger partial charge is 0.420 e. The SMILES string of the molecule is COc1cc(C(=S)N2CC=C[C@@H]2C(=O)O)cc(C(F)(F)F)c1OC. The maximum atomic E-state index is 13.3. The standard InChI is InChI=1S/C15H14F3NO4S/c1-22-11-7-8(6-9(12(11)23-2)15(16,17)18)13(24)19-5-3-4-10(19)14(20)21/h3-4,6-7,10H,5H2,1-2H3,(H,20,21)/t10-/m1/s1. The van der Waals surface area contributed by atoms with Crippen LogP contribution in [0.2, 0.25) is 0 Å². The van der Waals surface area contributed by atoms with Crippen molar-refractivity contribution in [1.82, 2.24) is 4.90 Å². The Hall–Kier alpha value is -2.29. The molecular weight excluding hydrogens is 347 g/mol. The van der Waals surface area contributed by atoms with Crippen LogP contribution < -0.4 is 9.47 Å². The molecule has 0 fully saturated rings. The van der Waals surface area contributed by atoms with Crippen molar-refractivity contribution in [2.75, 3.05) is 20.8 Å². The number of halogens is 3. The lowest BCUT2D eigenvalue weighted by atomic mass is 10.1. The summed E-state index contributed by atoms with van der Waals surface area (Å²) in [6.07, 6.45) is -1.66. The highest BCUT2D eigenvalue weighted by Crippen LogP contribution is 2.42. The summed E-state index contributed by atoms with van der Waals surface area (Å²) >= 11 is 5.21. The van der Waals surface area contributed by atoms with E-state index >= 15 is 0 Å². The lowest BCUT2D eigenvalue weighted by Crippen LogP contribution is -2.40. The van der Waals surface area contributed by atoms with Crippen molar-refractivity contribution in [3.05, 3.63) is 35.4 Å². The van der Waals surface area contributed by atoms with Gasteiger partial charge in [0.25, 0.3) is 0 Å². The van der Waals surface area contributed by atoms with Crippen molar-refractivity contribution < 1.29 is 32.5 Å². The van der Waals surface area contributed by atoms with E-state index in [2.05, 4.69) is 0 Å². The zero-order valence-electron chi connectivity index (χ0n) is 12.8. The summed E-state index contributed by atoms with van der Waals surface area (Å²) in [5.74, 6) is -1.72. The van der Waals surface area contributed by atoms with Crippen molar-refractivity contribution in [3.63, 3.8) is 0 Å². The number of aliphatic carboxylic acids is 1. The molecular formula is C15H14F3NO4S. The Labute approximate surface area is 141 Å². The predicted octanol–water partition coefficient (Wildman–Crippen LogP) is 2.72. The number of benzene rings is 1. The first-order chi connectivity index (χ1) is 11.2. The van der Waals surface area contributed by atoms with Gasteiger partial charge in [-0.2, -0.15) is 13.2 Å². The number of carboxylic acid groups (broad SMARTS) is 1. The van der Waals surface area contributed by atoms with Gasteiger partial charge < -0.3 is 19.5 Å². The van der Waals surface area contributed by atoms with Gasteiger partial charge in [-0.25, -0.2) is 4.79 Å². The van der Waals surface area contributed by atoms with Gasteiger partial charge in [-0.15, -0.1) is 0 Å². The van der Waals surface area contributed by atoms with Gasteiger partial charge in [0.05, 0.1) is 14.2 Å². The van der Waals surface area contributed by atoms with E-state index in [1.807, 2.05) is 0 Å². The van der Waals surface area contributed by atoms with Crippen LogP contribution in [0.5, 0.6) is 11.5 Å². The number of carboxylic acids is 1. The van der Waals surface area contributed by atoms with E-state index in [0.717, 1.165) is 13.2 Å². The van der Waals surface area contributed by atoms with Gasteiger partial charge >= 0.3 is 12.1 Å². The third-order valence-corrected chi connectivity index (χ3v) is 3.97. The fraction of sp³-hybridized carbons (Fsp3) is 0.333. The van der Waals surface area contributed by atoms with E-state index < -0.39 is 29.5 Å². The summed E-state index contributed by atoms with van der Waals surface area (Å²) in [7, 11) is 2.32. The quantitative estimate of drug-likeness (QED) is 0.657. The van der Waals surface area contributed by atoms with Crippen molar-refractivity contribution in [2.24, 2.45) is 0 Å². The van der Waals surface area contributed by atoms with Gasteiger partial charge in [0.15, 0.2) is 11.5 Å². The first-order valence-electron chi connectivity index (χ1n) is 6.74. The molecule has 0 aliphatic carbocycles. The Morgan fingerprint density at radius 3 is 2.50 bits per heavy atom. The third-order valence-electron chi connectivity index (χ3n) is 3.50. The minimum Gasteiger partial charge on any atom is -0.493 e. The van der Waals surface area contributed by atoms with Crippen molar-refractivity contribution in [2.45, 2.75) is 12.2 Å². The molecule has 1 aromatic carbocycles. The fourth-order valence-corrected chi connectivity index (χ4v) is 2.72. The van der Waals surface area contributed by atoms with E-state index in [4.69, 9.17) is 26.8 Å². The Bertz CT molecular complexity index is 703. The Balaban J connectivity index is 2.51. The highest BCUT2D eigenvalue weighted by Gasteiger charge is 2.37. The summed E-state index contributed by atoms with van der Waals surface area (Å²) in [6, 6.07) is 1.12. The molecule has 1 atom stereocenters. The highest BCUT2D eigenvalue weighted by molar-refractivity contribution is 7.80. The van der Waals surface area contributed by atoms with Crippen LogP contribution in [0.15, 0.2) is 24.3 Å². The van der Waals surface area contributed by atoms with Gasteiger partial charge in [0.1, 0.15) is 16.6 Å². The average molecular weight is 361 g/mol. The second-order valence-corrected chi connectivity index (χ2v) is 5.31. The maximum absolute atomic E-state index is 13.3. The summed E-state index contributed by atoms with van der Waals surface area (Å²) in [5, 5.41) is 9.17. The van der Waals surface area contributed by atoms with Gasteiger partial charge in [0, 0.05) is 12.1 Å². The zero-order chi connectivity index (χ0) is 18.1. The van der Waals surface area contributed by atoms with Gasteiger partial charge in [-0.1, -0.05) is 24.4 Å². The molecule has 0 spiro atoms. The molecule has 1 aromatic rings. The number of nitrogens with zero attached hydrogens (tertiary/aromatic N) is 1. The molecule has 0 bridgehead atoms. The molecule has 24 heavy (non-hydrogen) atoms. The monoisotopic (exact) mass is 361 g/mol. The van der Waals surface area contributed by atoms with Crippen LogP contribution in [0.1, 0.15) is 11.1 Å². The van der Waals surface area contributed by atoms with Crippen molar-refractivity contribution in [1.29, 1.82) is 0 Å². The topological polar surface area (TPSA) is 59.0 Å². The predicted molar refractivity (Wildman–Crippen MR) is 83.5 cm³/mol. The Kier molecular flexibility index (Phi) is 5.02. The molecule has 1 aliphatic heterocycles. The van der Waals surface area contributed by atoms with Crippen LogP contribution >= 0.6 is 12.2 Å². The van der Waals surface area contributed by atoms with E-state index in [0.29, 0.717) is 0 Å². The number of hydrogen-bond acceptors (Lipinski definition) is 4. The summed E-state index contributed by atoms with van der Waals surface area (Å²) in [4.78, 5) is 12.5. The maximum Gasteiger partial charge on any atom is 0.420 e. The molecule has 2 rings (SSSR count). The van der Waals surface area contributed by atoms with Crippen LogP contribution in [0.25, 0.3) is 0 Å². The van der Waals surface area contributed by atoms with Crippen molar-refractivity contribution in [3.8, 4) is 11.5 Å². The molecule has 130 valence electrons. The summed E-state index contributed by atoms with van der Waals surface area (Å²) in [5.41, 5.74) is -1.01. The molecule has 0 saturated heterocycles. The van der Waals surface area contributed by atoms with Crippen LogP contribution in [-0.4, -0.2) is 47.8 Å². The first kappa shape index (κ1) is 18.1. The van der Waals surface area contributed by atoms with Crippen LogP contribution in [-0.2, 0) is 11.0 Å². The van der Waals surface area contributed by atoms with Crippen LogP contribution in [0, 0.1) is 0 Å². The van der Waals surface area contributed by atoms with Crippen LogP contribution in [0.3, 0.4) is 0 Å². The number of ether oxygens (including phenoxy) is 2. The first-order valence-corrected chi connectivity index (χ1v) is 7.15. The van der Waals surface area contributed by atoms with Gasteiger partial charge in [-0.3, -0.25) is 0 Å². The van der Waals surface area contributed by atoms with E-state index in [1.165, 1.54) is 24.2 Å². The molecule has 0 aromatic heterocycles. The summed E-state index contributed by atoms with van der Waals surface area (Å²) in [6.45, 7) is 0.200. The van der Waals surface area contributed by atoms with Crippen LogP contribution in [0.4, 0.5) is 13.2 Å². The number of hydrogen-bond donors (Lipinski definition) is 1.